The molecule has 0 saturated carbocycles. The van der Waals surface area contributed by atoms with E-state index in [-0.39, 0.29) is 12.6 Å². The smallest absolute Gasteiger partial charge is 0.235 e. The lowest BCUT2D eigenvalue weighted by Crippen LogP contribution is -2.06. The van der Waals surface area contributed by atoms with E-state index in [1.807, 2.05) is 0 Å². The molecule has 0 rings (SSSR count). The number of aliphatic hydroxyl groups is 1. The quantitative estimate of drug-likeness (QED) is 0.351. The Hall–Kier alpha value is -1.28. The van der Waals surface area contributed by atoms with Crippen LogP contribution >= 0.6 is 0 Å². The maximum absolute atomic E-state index is 10.0. The number of hydrogen-bond donors (Lipinski definition) is 1. The van der Waals surface area contributed by atoms with Crippen molar-refractivity contribution in [3.63, 3.8) is 0 Å². The Morgan fingerprint density at radius 1 is 1.07 bits per heavy atom. The molecular formula is C10H16N2O3. The molecule has 0 spiro atoms. The number of rotatable bonds is 9. The van der Waals surface area contributed by atoms with E-state index in [0.717, 1.165) is 25.7 Å². The molecule has 84 valence electrons. The van der Waals surface area contributed by atoms with Crippen LogP contribution in [-0.4, -0.2) is 36.5 Å². The van der Waals surface area contributed by atoms with Crippen molar-refractivity contribution in [1.82, 2.24) is 0 Å². The molecule has 0 aliphatic carbocycles. The summed E-state index contributed by atoms with van der Waals surface area (Å²) in [5, 5.41) is 8.69. The van der Waals surface area contributed by atoms with Gasteiger partial charge in [0.15, 0.2) is 0 Å². The maximum atomic E-state index is 10.0. The number of aliphatic hydroxyl groups excluding tert-OH is 1. The van der Waals surface area contributed by atoms with Gasteiger partial charge in [0.25, 0.3) is 0 Å². The molecular weight excluding hydrogens is 196 g/mol. The monoisotopic (exact) mass is 212 g/mol. The first kappa shape index (κ1) is 13.7. The van der Waals surface area contributed by atoms with Gasteiger partial charge in [-0.15, -0.1) is 0 Å². The predicted molar refractivity (Wildman–Crippen MR) is 55.1 cm³/mol. The summed E-state index contributed by atoms with van der Waals surface area (Å²) < 4.78 is 0. The third kappa shape index (κ3) is 9.03. The molecule has 1 atom stereocenters. The van der Waals surface area contributed by atoms with Gasteiger partial charge in [-0.25, -0.2) is 19.6 Å². The fourth-order valence-electron chi connectivity index (χ4n) is 1.29. The fraction of sp³-hybridized carbons (Fsp3) is 0.800. The van der Waals surface area contributed by atoms with Gasteiger partial charge in [-0.05, 0) is 19.3 Å². The molecule has 0 fully saturated rings. The van der Waals surface area contributed by atoms with Gasteiger partial charge in [0.05, 0.1) is 12.6 Å². The topological polar surface area (TPSA) is 79.1 Å². The number of nitrogens with zero attached hydrogens (tertiary/aromatic N) is 2. The molecule has 0 aliphatic rings. The lowest BCUT2D eigenvalue weighted by atomic mass is 10.1. The van der Waals surface area contributed by atoms with E-state index in [4.69, 9.17) is 5.11 Å². The highest BCUT2D eigenvalue weighted by atomic mass is 16.3. The second-order valence-electron chi connectivity index (χ2n) is 3.21. The van der Waals surface area contributed by atoms with Crippen molar-refractivity contribution < 1.29 is 14.7 Å². The van der Waals surface area contributed by atoms with Crippen molar-refractivity contribution >= 4 is 12.2 Å². The number of carbonyl (C=O) groups excluding carboxylic acids is 2. The van der Waals surface area contributed by atoms with E-state index < -0.39 is 0 Å². The predicted octanol–water partition coefficient (Wildman–Crippen LogP) is 0.969. The summed E-state index contributed by atoms with van der Waals surface area (Å²) in [4.78, 5) is 26.8. The van der Waals surface area contributed by atoms with Gasteiger partial charge in [0, 0.05) is 6.61 Å². The third-order valence-electron chi connectivity index (χ3n) is 2.07. The van der Waals surface area contributed by atoms with E-state index in [9.17, 15) is 9.59 Å². The summed E-state index contributed by atoms with van der Waals surface area (Å²) in [5.41, 5.74) is 0. The molecule has 5 heteroatoms. The molecule has 0 aromatic rings. The molecule has 15 heavy (non-hydrogen) atoms. The Morgan fingerprint density at radius 3 is 2.47 bits per heavy atom. The van der Waals surface area contributed by atoms with Crippen molar-refractivity contribution in [1.29, 1.82) is 0 Å². The van der Waals surface area contributed by atoms with Crippen LogP contribution in [0.4, 0.5) is 0 Å². The molecule has 0 amide bonds. The summed E-state index contributed by atoms with van der Waals surface area (Å²) in [6.45, 7) is 0.538. The van der Waals surface area contributed by atoms with Crippen LogP contribution in [0.25, 0.3) is 0 Å². The van der Waals surface area contributed by atoms with Gasteiger partial charge < -0.3 is 5.11 Å². The van der Waals surface area contributed by atoms with Crippen LogP contribution in [0.5, 0.6) is 0 Å². The van der Waals surface area contributed by atoms with Gasteiger partial charge in [0.2, 0.25) is 12.2 Å². The first-order valence-corrected chi connectivity index (χ1v) is 5.06. The molecule has 0 saturated heterocycles. The minimum atomic E-state index is -0.123. The number of aliphatic imine (C=N–C) groups is 2. The first-order chi connectivity index (χ1) is 7.35. The van der Waals surface area contributed by atoms with Crippen molar-refractivity contribution in [2.45, 2.75) is 38.1 Å². The summed E-state index contributed by atoms with van der Waals surface area (Å²) in [5.74, 6) is 0. The minimum Gasteiger partial charge on any atom is -0.396 e. The summed E-state index contributed by atoms with van der Waals surface area (Å²) >= 11 is 0. The van der Waals surface area contributed by atoms with E-state index >= 15 is 0 Å². The van der Waals surface area contributed by atoms with E-state index in [2.05, 4.69) is 9.98 Å². The molecule has 0 heterocycles. The zero-order valence-corrected chi connectivity index (χ0v) is 8.69. The number of unbranched alkanes of at least 4 members (excludes halogenated alkanes) is 2. The van der Waals surface area contributed by atoms with Crippen molar-refractivity contribution in [2.75, 3.05) is 13.2 Å². The SMILES string of the molecule is O=C=NCCCCCC(CCO)N=C=O. The Morgan fingerprint density at radius 2 is 1.87 bits per heavy atom. The maximum Gasteiger partial charge on any atom is 0.235 e. The number of hydrogen-bond acceptors (Lipinski definition) is 5. The minimum absolute atomic E-state index is 0.0330. The lowest BCUT2D eigenvalue weighted by molar-refractivity contribution is 0.272. The summed E-state index contributed by atoms with van der Waals surface area (Å²) in [7, 11) is 0. The van der Waals surface area contributed by atoms with E-state index in [0.29, 0.717) is 13.0 Å². The van der Waals surface area contributed by atoms with Crippen LogP contribution in [0.3, 0.4) is 0 Å². The van der Waals surface area contributed by atoms with Crippen LogP contribution in [0, 0.1) is 0 Å². The first-order valence-electron chi connectivity index (χ1n) is 5.06. The largest absolute Gasteiger partial charge is 0.396 e. The van der Waals surface area contributed by atoms with Gasteiger partial charge in [-0.1, -0.05) is 12.8 Å². The average molecular weight is 212 g/mol. The summed E-state index contributed by atoms with van der Waals surface area (Å²) in [6.07, 6.45) is 6.93. The number of isocyanates is 2. The molecule has 0 aromatic heterocycles. The van der Waals surface area contributed by atoms with E-state index in [1.165, 1.54) is 12.2 Å². The highest BCUT2D eigenvalue weighted by Gasteiger charge is 2.05. The van der Waals surface area contributed by atoms with Crippen molar-refractivity contribution in [3.8, 4) is 0 Å². The zero-order valence-electron chi connectivity index (χ0n) is 8.69. The second-order valence-corrected chi connectivity index (χ2v) is 3.21. The van der Waals surface area contributed by atoms with Gasteiger partial charge in [-0.2, -0.15) is 0 Å². The Labute approximate surface area is 88.9 Å². The Balaban J connectivity index is 3.52. The van der Waals surface area contributed by atoms with Crippen LogP contribution < -0.4 is 0 Å². The highest BCUT2D eigenvalue weighted by molar-refractivity contribution is 5.33. The van der Waals surface area contributed by atoms with Crippen molar-refractivity contribution in [3.05, 3.63) is 0 Å². The standard InChI is InChI=1S/C10H16N2O3/c13-7-5-10(12-9-15)4-2-1-3-6-11-8-14/h10,13H,1-7H2. The molecule has 0 bridgehead atoms. The molecule has 1 N–H and O–H groups in total. The molecule has 0 aliphatic heterocycles. The van der Waals surface area contributed by atoms with E-state index in [1.54, 1.807) is 0 Å². The van der Waals surface area contributed by atoms with Gasteiger partial charge >= 0.3 is 0 Å². The van der Waals surface area contributed by atoms with Crippen LogP contribution in [0.1, 0.15) is 32.1 Å². The van der Waals surface area contributed by atoms with Gasteiger partial charge in [0.1, 0.15) is 0 Å². The lowest BCUT2D eigenvalue weighted by Gasteiger charge is -2.07. The normalized spacial score (nSPS) is 11.3. The molecule has 1 unspecified atom stereocenters. The Kier molecular flexibility index (Phi) is 9.88. The molecule has 0 radical (unpaired) electrons. The molecule has 0 aromatic carbocycles. The second kappa shape index (κ2) is 10.8. The summed E-state index contributed by atoms with van der Waals surface area (Å²) in [6, 6.07) is -0.123. The van der Waals surface area contributed by atoms with Crippen LogP contribution in [0.15, 0.2) is 9.98 Å². The zero-order chi connectivity index (χ0) is 11.4. The average Bonchev–Trinajstić information content (AvgIpc) is 2.24. The third-order valence-corrected chi connectivity index (χ3v) is 2.07. The fourth-order valence-corrected chi connectivity index (χ4v) is 1.29. The highest BCUT2D eigenvalue weighted by Crippen LogP contribution is 2.09. The van der Waals surface area contributed by atoms with Crippen LogP contribution in [0.2, 0.25) is 0 Å². The molecule has 5 nitrogen and oxygen atoms in total. The Bertz CT molecular complexity index is 243. The van der Waals surface area contributed by atoms with Crippen molar-refractivity contribution in [2.24, 2.45) is 9.98 Å². The van der Waals surface area contributed by atoms with Crippen LogP contribution in [-0.2, 0) is 9.59 Å². The van der Waals surface area contributed by atoms with Gasteiger partial charge in [-0.3, -0.25) is 0 Å².